The smallest absolute Gasteiger partial charge is 0.358 e. The third kappa shape index (κ3) is 4.60. The van der Waals surface area contributed by atoms with E-state index in [9.17, 15) is 9.59 Å². The molecule has 138 valence electrons. The Morgan fingerprint density at radius 2 is 1.81 bits per heavy atom. The van der Waals surface area contributed by atoms with E-state index in [1.807, 2.05) is 63.2 Å². The Bertz CT molecular complexity index is 977. The maximum atomic E-state index is 12.2. The van der Waals surface area contributed by atoms with Gasteiger partial charge in [-0.1, -0.05) is 42.0 Å². The number of hydrogen-bond acceptors (Lipinski definition) is 5. The molecule has 0 bridgehead atoms. The van der Waals surface area contributed by atoms with Crippen molar-refractivity contribution in [3.8, 4) is 10.6 Å². The molecule has 0 atom stereocenters. The van der Waals surface area contributed by atoms with Crippen molar-refractivity contribution < 1.29 is 14.3 Å². The Balaban J connectivity index is 1.58. The van der Waals surface area contributed by atoms with E-state index >= 15 is 0 Å². The van der Waals surface area contributed by atoms with Gasteiger partial charge in [-0.3, -0.25) is 4.79 Å². The van der Waals surface area contributed by atoms with Gasteiger partial charge in [0, 0.05) is 16.6 Å². The molecule has 0 fully saturated rings. The van der Waals surface area contributed by atoms with Gasteiger partial charge >= 0.3 is 5.97 Å². The first-order valence-corrected chi connectivity index (χ1v) is 9.38. The summed E-state index contributed by atoms with van der Waals surface area (Å²) in [6.07, 6.45) is 0. The Morgan fingerprint density at radius 1 is 1.07 bits per heavy atom. The number of hydrogen-bond donors (Lipinski definition) is 1. The number of carbonyl (C=O) groups is 2. The van der Waals surface area contributed by atoms with Gasteiger partial charge in [0.2, 0.25) is 0 Å². The number of nitrogens with one attached hydrogen (secondary N) is 1. The molecule has 1 heterocycles. The minimum absolute atomic E-state index is 0.204. The number of rotatable bonds is 5. The molecule has 0 saturated carbocycles. The number of esters is 1. The average molecular weight is 380 g/mol. The fourth-order valence-electron chi connectivity index (χ4n) is 2.47. The maximum absolute atomic E-state index is 12.2. The fourth-order valence-corrected chi connectivity index (χ4v) is 3.27. The zero-order chi connectivity index (χ0) is 19.4. The lowest BCUT2D eigenvalue weighted by Crippen LogP contribution is -2.21. The Hall–Kier alpha value is -2.99. The first-order chi connectivity index (χ1) is 12.9. The van der Waals surface area contributed by atoms with Crippen LogP contribution in [-0.4, -0.2) is 23.5 Å². The van der Waals surface area contributed by atoms with Crippen molar-refractivity contribution in [2.24, 2.45) is 0 Å². The zero-order valence-corrected chi connectivity index (χ0v) is 16.2. The van der Waals surface area contributed by atoms with Crippen molar-refractivity contribution in [1.82, 2.24) is 4.98 Å². The molecule has 0 radical (unpaired) electrons. The van der Waals surface area contributed by atoms with Crippen LogP contribution in [-0.2, 0) is 9.53 Å². The van der Waals surface area contributed by atoms with E-state index in [0.717, 1.165) is 27.3 Å². The zero-order valence-electron chi connectivity index (χ0n) is 15.4. The lowest BCUT2D eigenvalue weighted by Gasteiger charge is -2.10. The summed E-state index contributed by atoms with van der Waals surface area (Å²) in [6, 6.07) is 13.6. The van der Waals surface area contributed by atoms with Gasteiger partial charge < -0.3 is 10.1 Å². The van der Waals surface area contributed by atoms with Gasteiger partial charge in [0.15, 0.2) is 12.3 Å². The molecule has 0 saturated heterocycles. The van der Waals surface area contributed by atoms with Crippen LogP contribution in [0.2, 0.25) is 0 Å². The van der Waals surface area contributed by atoms with Gasteiger partial charge in [-0.15, -0.1) is 11.3 Å². The lowest BCUT2D eigenvalue weighted by atomic mass is 10.1. The summed E-state index contributed by atoms with van der Waals surface area (Å²) in [5, 5.41) is 5.14. The van der Waals surface area contributed by atoms with Crippen LogP contribution in [0.5, 0.6) is 0 Å². The van der Waals surface area contributed by atoms with Crippen molar-refractivity contribution in [2.45, 2.75) is 20.8 Å². The number of thiazole rings is 1. The van der Waals surface area contributed by atoms with Crippen molar-refractivity contribution in [2.75, 3.05) is 11.9 Å². The first kappa shape index (κ1) is 18.8. The SMILES string of the molecule is Cc1ccc(-c2nc(C(=O)OCC(=O)Nc3cccc(C)c3C)cs2)cc1. The summed E-state index contributed by atoms with van der Waals surface area (Å²) in [4.78, 5) is 28.5. The van der Waals surface area contributed by atoms with Crippen molar-refractivity contribution >= 4 is 28.9 Å². The number of aromatic nitrogens is 1. The van der Waals surface area contributed by atoms with Gasteiger partial charge in [0.25, 0.3) is 5.91 Å². The minimum Gasteiger partial charge on any atom is -0.451 e. The molecule has 0 aliphatic heterocycles. The van der Waals surface area contributed by atoms with Crippen LogP contribution >= 0.6 is 11.3 Å². The minimum atomic E-state index is -0.610. The summed E-state index contributed by atoms with van der Waals surface area (Å²) in [6.45, 7) is 5.55. The largest absolute Gasteiger partial charge is 0.451 e. The fraction of sp³-hybridized carbons (Fsp3) is 0.190. The molecule has 27 heavy (non-hydrogen) atoms. The van der Waals surface area contributed by atoms with Crippen LogP contribution in [0.3, 0.4) is 0 Å². The number of benzene rings is 2. The van der Waals surface area contributed by atoms with E-state index in [-0.39, 0.29) is 18.2 Å². The van der Waals surface area contributed by atoms with E-state index in [2.05, 4.69) is 10.3 Å². The second kappa shape index (κ2) is 8.14. The van der Waals surface area contributed by atoms with E-state index in [4.69, 9.17) is 4.74 Å². The van der Waals surface area contributed by atoms with Crippen LogP contribution in [0.25, 0.3) is 10.6 Å². The quantitative estimate of drug-likeness (QED) is 0.660. The van der Waals surface area contributed by atoms with Gasteiger partial charge in [-0.25, -0.2) is 9.78 Å². The summed E-state index contributed by atoms with van der Waals surface area (Å²) in [5.41, 5.74) is 5.08. The Morgan fingerprint density at radius 3 is 2.56 bits per heavy atom. The van der Waals surface area contributed by atoms with Gasteiger partial charge in [0.1, 0.15) is 5.01 Å². The lowest BCUT2D eigenvalue weighted by molar-refractivity contribution is -0.119. The molecule has 1 amide bonds. The summed E-state index contributed by atoms with van der Waals surface area (Å²) in [5.74, 6) is -0.994. The van der Waals surface area contributed by atoms with Gasteiger partial charge in [-0.2, -0.15) is 0 Å². The van der Waals surface area contributed by atoms with Gasteiger partial charge in [-0.05, 0) is 38.0 Å². The normalized spacial score (nSPS) is 10.5. The molecule has 6 heteroatoms. The predicted molar refractivity (Wildman–Crippen MR) is 107 cm³/mol. The summed E-state index contributed by atoms with van der Waals surface area (Å²) in [7, 11) is 0. The molecular weight excluding hydrogens is 360 g/mol. The maximum Gasteiger partial charge on any atom is 0.358 e. The third-order valence-corrected chi connectivity index (χ3v) is 5.12. The van der Waals surface area contributed by atoms with E-state index in [1.165, 1.54) is 11.3 Å². The highest BCUT2D eigenvalue weighted by Gasteiger charge is 2.15. The highest BCUT2D eigenvalue weighted by molar-refractivity contribution is 7.13. The second-order valence-electron chi connectivity index (χ2n) is 6.28. The molecule has 0 unspecified atom stereocenters. The van der Waals surface area contributed by atoms with E-state index < -0.39 is 5.97 Å². The van der Waals surface area contributed by atoms with Crippen LogP contribution < -0.4 is 5.32 Å². The number of anilines is 1. The summed E-state index contributed by atoms with van der Waals surface area (Å²) >= 11 is 1.36. The van der Waals surface area contributed by atoms with Crippen molar-refractivity contribution in [3.63, 3.8) is 0 Å². The number of aryl methyl sites for hydroxylation is 2. The second-order valence-corrected chi connectivity index (χ2v) is 7.13. The molecule has 0 aliphatic carbocycles. The van der Waals surface area contributed by atoms with E-state index in [0.29, 0.717) is 5.69 Å². The molecule has 2 aromatic carbocycles. The summed E-state index contributed by atoms with van der Waals surface area (Å²) < 4.78 is 5.09. The molecule has 1 N–H and O–H groups in total. The number of carbonyl (C=O) groups excluding carboxylic acids is 2. The first-order valence-electron chi connectivity index (χ1n) is 8.50. The highest BCUT2D eigenvalue weighted by atomic mass is 32.1. The van der Waals surface area contributed by atoms with Gasteiger partial charge in [0.05, 0.1) is 0 Å². The van der Waals surface area contributed by atoms with Crippen molar-refractivity contribution in [3.05, 3.63) is 70.2 Å². The molecule has 3 aromatic rings. The monoisotopic (exact) mass is 380 g/mol. The third-order valence-electron chi connectivity index (χ3n) is 4.22. The van der Waals surface area contributed by atoms with Crippen LogP contribution in [0.4, 0.5) is 5.69 Å². The molecule has 1 aromatic heterocycles. The van der Waals surface area contributed by atoms with Crippen LogP contribution in [0.1, 0.15) is 27.2 Å². The number of nitrogens with zero attached hydrogens (tertiary/aromatic N) is 1. The van der Waals surface area contributed by atoms with Crippen LogP contribution in [0.15, 0.2) is 47.8 Å². The number of amides is 1. The standard InChI is InChI=1S/C21H20N2O3S/c1-13-7-9-16(10-8-13)20-23-18(12-27-20)21(25)26-11-19(24)22-17-6-4-5-14(2)15(17)3/h4-10,12H,11H2,1-3H3,(H,22,24). The molecular formula is C21H20N2O3S. The number of ether oxygens (including phenoxy) is 1. The molecule has 0 spiro atoms. The Kier molecular flexibility index (Phi) is 5.66. The van der Waals surface area contributed by atoms with Crippen molar-refractivity contribution in [1.29, 1.82) is 0 Å². The van der Waals surface area contributed by atoms with Crippen LogP contribution in [0, 0.1) is 20.8 Å². The highest BCUT2D eigenvalue weighted by Crippen LogP contribution is 2.24. The Labute approximate surface area is 162 Å². The average Bonchev–Trinajstić information content (AvgIpc) is 3.14. The molecule has 5 nitrogen and oxygen atoms in total. The molecule has 3 rings (SSSR count). The molecule has 0 aliphatic rings. The topological polar surface area (TPSA) is 68.3 Å². The van der Waals surface area contributed by atoms with E-state index in [1.54, 1.807) is 5.38 Å². The predicted octanol–water partition coefficient (Wildman–Crippen LogP) is 4.53.